The molecule has 0 atom stereocenters. The lowest BCUT2D eigenvalue weighted by molar-refractivity contribution is 0.0965. The van der Waals surface area contributed by atoms with Crippen molar-refractivity contribution in [1.29, 1.82) is 0 Å². The van der Waals surface area contributed by atoms with Crippen molar-refractivity contribution in [1.82, 2.24) is 19.2 Å². The van der Waals surface area contributed by atoms with Crippen molar-refractivity contribution in [2.24, 2.45) is 0 Å². The number of nitrogen functional groups attached to an aromatic ring is 1. The second-order valence-corrected chi connectivity index (χ2v) is 4.35. The fourth-order valence-corrected chi connectivity index (χ4v) is 2.22. The average molecular weight is 266 g/mol. The molecule has 1 amide bonds. The molecule has 0 saturated heterocycles. The molecule has 2 aromatic rings. The highest BCUT2D eigenvalue weighted by atomic mass is 32.1. The molecule has 2 aromatic heterocycles. The van der Waals surface area contributed by atoms with Crippen molar-refractivity contribution in [2.75, 3.05) is 24.6 Å². The second-order valence-electron chi connectivity index (χ2n) is 3.58. The standard InChI is InChI=1S/C10H14N6OS/c1-12-9(17)7-8(11)15-18-10(7)14-3-5-16-4-2-13-6-16/h2,4,6,14H,3,5H2,1H3,(H2,11,15)(H,12,17). The Morgan fingerprint density at radius 3 is 3.11 bits per heavy atom. The Kier molecular flexibility index (Phi) is 3.78. The number of anilines is 2. The van der Waals surface area contributed by atoms with Crippen LogP contribution in [0.4, 0.5) is 10.8 Å². The summed E-state index contributed by atoms with van der Waals surface area (Å²) >= 11 is 1.19. The van der Waals surface area contributed by atoms with Gasteiger partial charge in [-0.1, -0.05) is 0 Å². The average Bonchev–Trinajstić information content (AvgIpc) is 2.99. The first-order valence-electron chi connectivity index (χ1n) is 5.39. The molecule has 0 fully saturated rings. The van der Waals surface area contributed by atoms with Gasteiger partial charge >= 0.3 is 0 Å². The molecule has 0 aliphatic carbocycles. The van der Waals surface area contributed by atoms with E-state index in [1.54, 1.807) is 19.6 Å². The molecule has 4 N–H and O–H groups in total. The molecule has 96 valence electrons. The van der Waals surface area contributed by atoms with Crippen LogP contribution in [0.15, 0.2) is 18.7 Å². The maximum absolute atomic E-state index is 11.6. The van der Waals surface area contributed by atoms with Crippen molar-refractivity contribution in [3.63, 3.8) is 0 Å². The number of nitrogens with two attached hydrogens (primary N) is 1. The van der Waals surface area contributed by atoms with Crippen LogP contribution in [0, 0.1) is 0 Å². The summed E-state index contributed by atoms with van der Waals surface area (Å²) < 4.78 is 5.92. The van der Waals surface area contributed by atoms with Crippen LogP contribution in [-0.2, 0) is 6.54 Å². The predicted molar refractivity (Wildman–Crippen MR) is 70.6 cm³/mol. The fraction of sp³-hybridized carbons (Fsp3) is 0.300. The van der Waals surface area contributed by atoms with Crippen molar-refractivity contribution >= 4 is 28.3 Å². The van der Waals surface area contributed by atoms with E-state index in [0.29, 0.717) is 17.1 Å². The molecule has 0 saturated carbocycles. The molecule has 0 aliphatic rings. The van der Waals surface area contributed by atoms with Gasteiger partial charge in [0.2, 0.25) is 0 Å². The minimum atomic E-state index is -0.230. The number of carbonyl (C=O) groups is 1. The zero-order valence-electron chi connectivity index (χ0n) is 9.88. The van der Waals surface area contributed by atoms with Crippen molar-refractivity contribution in [2.45, 2.75) is 6.54 Å². The first-order chi connectivity index (χ1) is 8.72. The molecule has 0 radical (unpaired) electrons. The zero-order valence-corrected chi connectivity index (χ0v) is 10.7. The normalized spacial score (nSPS) is 10.3. The van der Waals surface area contributed by atoms with Gasteiger partial charge in [0.1, 0.15) is 10.6 Å². The highest BCUT2D eigenvalue weighted by molar-refractivity contribution is 7.11. The molecule has 0 bridgehead atoms. The lowest BCUT2D eigenvalue weighted by Gasteiger charge is -2.06. The smallest absolute Gasteiger partial charge is 0.257 e. The van der Waals surface area contributed by atoms with Crippen molar-refractivity contribution < 1.29 is 4.79 Å². The monoisotopic (exact) mass is 266 g/mol. The third kappa shape index (κ3) is 2.59. The number of hydrogen-bond donors (Lipinski definition) is 3. The SMILES string of the molecule is CNC(=O)c1c(N)nsc1NCCn1ccnc1. The van der Waals surface area contributed by atoms with Gasteiger partial charge in [0.25, 0.3) is 5.91 Å². The van der Waals surface area contributed by atoms with Crippen LogP contribution in [-0.4, -0.2) is 33.4 Å². The van der Waals surface area contributed by atoms with E-state index >= 15 is 0 Å². The first-order valence-corrected chi connectivity index (χ1v) is 6.16. The Bertz CT molecular complexity index is 520. The Morgan fingerprint density at radius 1 is 1.61 bits per heavy atom. The Balaban J connectivity index is 1.99. The summed E-state index contributed by atoms with van der Waals surface area (Å²) in [6, 6.07) is 0. The topological polar surface area (TPSA) is 97.9 Å². The van der Waals surface area contributed by atoms with Crippen molar-refractivity contribution in [3.05, 3.63) is 24.3 Å². The molecule has 0 aromatic carbocycles. The highest BCUT2D eigenvalue weighted by Gasteiger charge is 2.17. The number of carbonyl (C=O) groups excluding carboxylic acids is 1. The van der Waals surface area contributed by atoms with Crippen LogP contribution in [0.25, 0.3) is 0 Å². The molecular formula is C10H14N6OS. The first kappa shape index (κ1) is 12.4. The summed E-state index contributed by atoms with van der Waals surface area (Å²) in [7, 11) is 1.56. The van der Waals surface area contributed by atoms with Gasteiger partial charge in [0.15, 0.2) is 5.82 Å². The van der Waals surface area contributed by atoms with Gasteiger partial charge in [-0.3, -0.25) is 4.79 Å². The lowest BCUT2D eigenvalue weighted by Crippen LogP contribution is -2.20. The number of aromatic nitrogens is 3. The maximum Gasteiger partial charge on any atom is 0.257 e. The second kappa shape index (κ2) is 5.50. The molecule has 8 heteroatoms. The number of rotatable bonds is 5. The Labute approximate surface area is 108 Å². The largest absolute Gasteiger partial charge is 0.382 e. The van der Waals surface area contributed by atoms with E-state index in [1.165, 1.54) is 11.5 Å². The van der Waals surface area contributed by atoms with Gasteiger partial charge in [-0.2, -0.15) is 4.37 Å². The van der Waals surface area contributed by atoms with Crippen LogP contribution in [0.5, 0.6) is 0 Å². The molecule has 0 unspecified atom stereocenters. The van der Waals surface area contributed by atoms with Gasteiger partial charge in [-0.15, -0.1) is 0 Å². The summed E-state index contributed by atoms with van der Waals surface area (Å²) in [5, 5.41) is 6.39. The van der Waals surface area contributed by atoms with E-state index < -0.39 is 0 Å². The molecule has 7 nitrogen and oxygen atoms in total. The van der Waals surface area contributed by atoms with Gasteiger partial charge in [-0.05, 0) is 11.5 Å². The van der Waals surface area contributed by atoms with E-state index in [0.717, 1.165) is 6.54 Å². The van der Waals surface area contributed by atoms with Gasteiger partial charge in [0, 0.05) is 32.5 Å². The summed E-state index contributed by atoms with van der Waals surface area (Å²) in [4.78, 5) is 15.6. The minimum Gasteiger partial charge on any atom is -0.382 e. The summed E-state index contributed by atoms with van der Waals surface area (Å²) in [5.41, 5.74) is 6.08. The minimum absolute atomic E-state index is 0.230. The quantitative estimate of drug-likeness (QED) is 0.727. The molecule has 2 heterocycles. The molecule has 18 heavy (non-hydrogen) atoms. The molecular weight excluding hydrogens is 252 g/mol. The van der Waals surface area contributed by atoms with E-state index in [2.05, 4.69) is 20.0 Å². The zero-order chi connectivity index (χ0) is 13.0. The number of hydrogen-bond acceptors (Lipinski definition) is 6. The number of amides is 1. The van der Waals surface area contributed by atoms with E-state index in [1.807, 2.05) is 10.8 Å². The van der Waals surface area contributed by atoms with Crippen molar-refractivity contribution in [3.8, 4) is 0 Å². The predicted octanol–water partition coefficient (Wildman–Crippen LogP) is 0.393. The summed E-state index contributed by atoms with van der Waals surface area (Å²) in [6.45, 7) is 1.42. The summed E-state index contributed by atoms with van der Waals surface area (Å²) in [5.74, 6) is 0.0239. The van der Waals surface area contributed by atoms with Crippen LogP contribution in [0.2, 0.25) is 0 Å². The van der Waals surface area contributed by atoms with E-state index in [9.17, 15) is 4.79 Å². The van der Waals surface area contributed by atoms with Crippen LogP contribution in [0.3, 0.4) is 0 Å². The van der Waals surface area contributed by atoms with Gasteiger partial charge in [-0.25, -0.2) is 4.98 Å². The van der Waals surface area contributed by atoms with E-state index in [4.69, 9.17) is 5.73 Å². The van der Waals surface area contributed by atoms with Gasteiger partial charge in [0.05, 0.1) is 6.33 Å². The highest BCUT2D eigenvalue weighted by Crippen LogP contribution is 2.26. The number of nitrogens with one attached hydrogen (secondary N) is 2. The third-order valence-electron chi connectivity index (χ3n) is 2.39. The fourth-order valence-electron chi connectivity index (χ4n) is 1.49. The van der Waals surface area contributed by atoms with Crippen LogP contribution in [0.1, 0.15) is 10.4 Å². The number of nitrogens with zero attached hydrogens (tertiary/aromatic N) is 3. The summed E-state index contributed by atoms with van der Waals surface area (Å²) in [6.07, 6.45) is 5.34. The molecule has 0 aliphatic heterocycles. The van der Waals surface area contributed by atoms with Crippen LogP contribution >= 0.6 is 11.5 Å². The lowest BCUT2D eigenvalue weighted by atomic mass is 10.3. The molecule has 2 rings (SSSR count). The van der Waals surface area contributed by atoms with E-state index in [-0.39, 0.29) is 11.7 Å². The maximum atomic E-state index is 11.6. The Morgan fingerprint density at radius 2 is 2.44 bits per heavy atom. The molecule has 0 spiro atoms. The van der Waals surface area contributed by atoms with Gasteiger partial charge < -0.3 is 20.9 Å². The van der Waals surface area contributed by atoms with Crippen LogP contribution < -0.4 is 16.4 Å². The number of imidazole rings is 1. The Hall–Kier alpha value is -2.09. The third-order valence-corrected chi connectivity index (χ3v) is 3.21.